The van der Waals surface area contributed by atoms with Crippen LogP contribution in [0.3, 0.4) is 0 Å². The first kappa shape index (κ1) is 8.48. The minimum Gasteiger partial charge on any atom is -0.372 e. The molecule has 3 nitrogen and oxygen atoms in total. The molecule has 0 aromatic rings. The van der Waals surface area contributed by atoms with Gasteiger partial charge in [0.2, 0.25) is 0 Å². The molecule has 0 aliphatic carbocycles. The van der Waals surface area contributed by atoms with E-state index in [0.29, 0.717) is 0 Å². The van der Waals surface area contributed by atoms with E-state index in [4.69, 9.17) is 10.5 Å². The van der Waals surface area contributed by atoms with Gasteiger partial charge >= 0.3 is 0 Å². The predicted molar refractivity (Wildman–Crippen MR) is 48.0 cm³/mol. The third kappa shape index (κ3) is 1.37. The Kier molecular flexibility index (Phi) is 2.35. The summed E-state index contributed by atoms with van der Waals surface area (Å²) in [6.45, 7) is 2.97. The zero-order valence-corrected chi connectivity index (χ0v) is 7.51. The van der Waals surface area contributed by atoms with Crippen molar-refractivity contribution in [3.8, 4) is 0 Å². The number of hydrogen-bond donors (Lipinski definition) is 2. The third-order valence-corrected chi connectivity index (χ3v) is 3.10. The van der Waals surface area contributed by atoms with Crippen LogP contribution >= 0.6 is 0 Å². The summed E-state index contributed by atoms with van der Waals surface area (Å²) < 4.78 is 5.83. The van der Waals surface area contributed by atoms with E-state index in [2.05, 4.69) is 5.32 Å². The van der Waals surface area contributed by atoms with Crippen molar-refractivity contribution in [1.82, 2.24) is 5.32 Å². The van der Waals surface area contributed by atoms with E-state index in [1.165, 1.54) is 6.42 Å². The number of nitrogens with two attached hydrogens (primary N) is 1. The highest BCUT2D eigenvalue weighted by molar-refractivity contribution is 4.97. The normalized spacial score (nSPS) is 43.2. The van der Waals surface area contributed by atoms with Crippen molar-refractivity contribution < 1.29 is 4.74 Å². The molecule has 2 atom stereocenters. The molecule has 2 saturated heterocycles. The number of ether oxygens (including phenoxy) is 1. The minimum absolute atomic E-state index is 0.0174. The summed E-state index contributed by atoms with van der Waals surface area (Å²) >= 11 is 0. The van der Waals surface area contributed by atoms with Gasteiger partial charge in [0.25, 0.3) is 0 Å². The van der Waals surface area contributed by atoms with Crippen molar-refractivity contribution in [2.45, 2.75) is 37.3 Å². The summed E-state index contributed by atoms with van der Waals surface area (Å²) in [5.41, 5.74) is 6.06. The molecule has 2 aliphatic rings. The topological polar surface area (TPSA) is 47.3 Å². The summed E-state index contributed by atoms with van der Waals surface area (Å²) in [6.07, 6.45) is 4.60. The number of hydrogen-bond acceptors (Lipinski definition) is 3. The lowest BCUT2D eigenvalue weighted by molar-refractivity contribution is -0.103. The number of nitrogens with one attached hydrogen (secondary N) is 1. The maximum atomic E-state index is 6.08. The van der Waals surface area contributed by atoms with Gasteiger partial charge in [-0.05, 0) is 32.2 Å². The predicted octanol–water partition coefficient (Wildman–Crippen LogP) is 0.246. The molecule has 2 heterocycles. The standard InChI is InChI=1S/C9H18N2O/c10-8-3-1-6-12-9(8)4-2-5-11-7-9/h8,11H,1-7,10H2/t8-,9-/m0/s1. The minimum atomic E-state index is -0.0174. The lowest BCUT2D eigenvalue weighted by Gasteiger charge is -2.44. The largest absolute Gasteiger partial charge is 0.372 e. The second-order valence-corrected chi connectivity index (χ2v) is 3.94. The zero-order valence-electron chi connectivity index (χ0n) is 7.51. The van der Waals surface area contributed by atoms with Gasteiger partial charge in [0.1, 0.15) is 0 Å². The van der Waals surface area contributed by atoms with Gasteiger partial charge < -0.3 is 15.8 Å². The Bertz CT molecular complexity index is 146. The summed E-state index contributed by atoms with van der Waals surface area (Å²) in [4.78, 5) is 0. The van der Waals surface area contributed by atoms with Crippen LogP contribution in [0.4, 0.5) is 0 Å². The average molecular weight is 170 g/mol. The van der Waals surface area contributed by atoms with Crippen LogP contribution in [-0.2, 0) is 4.74 Å². The smallest absolute Gasteiger partial charge is 0.0956 e. The molecular weight excluding hydrogens is 152 g/mol. The first-order valence-corrected chi connectivity index (χ1v) is 4.94. The molecule has 2 aliphatic heterocycles. The van der Waals surface area contributed by atoms with Gasteiger partial charge in [-0.15, -0.1) is 0 Å². The van der Waals surface area contributed by atoms with Gasteiger partial charge in [-0.1, -0.05) is 0 Å². The first-order chi connectivity index (χ1) is 5.83. The van der Waals surface area contributed by atoms with Crippen molar-refractivity contribution in [1.29, 1.82) is 0 Å². The summed E-state index contributed by atoms with van der Waals surface area (Å²) in [7, 11) is 0. The van der Waals surface area contributed by atoms with Gasteiger partial charge in [0, 0.05) is 19.2 Å². The Labute approximate surface area is 73.7 Å². The van der Waals surface area contributed by atoms with E-state index in [1.54, 1.807) is 0 Å². The van der Waals surface area contributed by atoms with E-state index in [-0.39, 0.29) is 11.6 Å². The van der Waals surface area contributed by atoms with Crippen LogP contribution in [0.5, 0.6) is 0 Å². The van der Waals surface area contributed by atoms with Crippen molar-refractivity contribution >= 4 is 0 Å². The van der Waals surface area contributed by atoms with Crippen molar-refractivity contribution in [2.24, 2.45) is 5.73 Å². The highest BCUT2D eigenvalue weighted by Gasteiger charge is 2.40. The third-order valence-electron chi connectivity index (χ3n) is 3.10. The van der Waals surface area contributed by atoms with Crippen LogP contribution < -0.4 is 11.1 Å². The molecule has 70 valence electrons. The summed E-state index contributed by atoms with van der Waals surface area (Å²) in [5.74, 6) is 0. The van der Waals surface area contributed by atoms with Gasteiger partial charge in [-0.3, -0.25) is 0 Å². The molecule has 0 aromatic carbocycles. The van der Waals surface area contributed by atoms with E-state index < -0.39 is 0 Å². The Morgan fingerprint density at radius 3 is 3.00 bits per heavy atom. The average Bonchev–Trinajstić information content (AvgIpc) is 2.12. The summed E-state index contributed by atoms with van der Waals surface area (Å²) in [5, 5.41) is 3.37. The van der Waals surface area contributed by atoms with Crippen LogP contribution in [0.1, 0.15) is 25.7 Å². The van der Waals surface area contributed by atoms with Gasteiger partial charge in [-0.2, -0.15) is 0 Å². The van der Waals surface area contributed by atoms with Crippen LogP contribution in [0.15, 0.2) is 0 Å². The Morgan fingerprint density at radius 2 is 2.33 bits per heavy atom. The fourth-order valence-electron chi connectivity index (χ4n) is 2.29. The van der Waals surface area contributed by atoms with E-state index in [9.17, 15) is 0 Å². The van der Waals surface area contributed by atoms with E-state index in [0.717, 1.165) is 39.0 Å². The quantitative estimate of drug-likeness (QED) is 0.547. The fraction of sp³-hybridized carbons (Fsp3) is 1.00. The second-order valence-electron chi connectivity index (χ2n) is 3.94. The van der Waals surface area contributed by atoms with Gasteiger partial charge in [0.05, 0.1) is 5.60 Å². The number of rotatable bonds is 0. The molecule has 0 saturated carbocycles. The SMILES string of the molecule is N[C@H]1CCCO[C@]12CCCNC2. The molecule has 0 radical (unpaired) electrons. The molecule has 1 spiro atoms. The zero-order chi connectivity index (χ0) is 8.44. The highest BCUT2D eigenvalue weighted by Crippen LogP contribution is 2.29. The number of piperidine rings is 1. The van der Waals surface area contributed by atoms with Crippen molar-refractivity contribution in [3.63, 3.8) is 0 Å². The molecule has 0 unspecified atom stereocenters. The van der Waals surface area contributed by atoms with Crippen LogP contribution in [0, 0.1) is 0 Å². The lowest BCUT2D eigenvalue weighted by atomic mass is 9.83. The second kappa shape index (κ2) is 3.32. The van der Waals surface area contributed by atoms with Gasteiger partial charge in [-0.25, -0.2) is 0 Å². The first-order valence-electron chi connectivity index (χ1n) is 4.94. The Hall–Kier alpha value is -0.120. The van der Waals surface area contributed by atoms with Crippen LogP contribution in [-0.4, -0.2) is 31.3 Å². The molecule has 2 rings (SSSR count). The lowest BCUT2D eigenvalue weighted by Crippen LogP contribution is -2.60. The molecule has 0 aromatic heterocycles. The molecule has 0 amide bonds. The summed E-state index contributed by atoms with van der Waals surface area (Å²) in [6, 6.07) is 0.249. The molecule has 2 fully saturated rings. The molecule has 3 heteroatoms. The highest BCUT2D eigenvalue weighted by atomic mass is 16.5. The van der Waals surface area contributed by atoms with E-state index in [1.807, 2.05) is 0 Å². The maximum absolute atomic E-state index is 6.08. The van der Waals surface area contributed by atoms with Crippen molar-refractivity contribution in [3.05, 3.63) is 0 Å². The Morgan fingerprint density at radius 1 is 1.42 bits per heavy atom. The van der Waals surface area contributed by atoms with Gasteiger partial charge in [0.15, 0.2) is 0 Å². The van der Waals surface area contributed by atoms with Crippen molar-refractivity contribution in [2.75, 3.05) is 19.7 Å². The van der Waals surface area contributed by atoms with E-state index >= 15 is 0 Å². The molecule has 12 heavy (non-hydrogen) atoms. The van der Waals surface area contributed by atoms with Crippen LogP contribution in [0.25, 0.3) is 0 Å². The Balaban J connectivity index is 2.04. The maximum Gasteiger partial charge on any atom is 0.0956 e. The molecule has 0 bridgehead atoms. The monoisotopic (exact) mass is 170 g/mol. The molecular formula is C9H18N2O. The fourth-order valence-corrected chi connectivity index (χ4v) is 2.29. The molecule has 3 N–H and O–H groups in total. The van der Waals surface area contributed by atoms with Crippen LogP contribution in [0.2, 0.25) is 0 Å².